The van der Waals surface area contributed by atoms with Crippen LogP contribution in [-0.4, -0.2) is 39.8 Å². The van der Waals surface area contributed by atoms with Crippen molar-refractivity contribution in [3.8, 4) is 0 Å². The van der Waals surface area contributed by atoms with Gasteiger partial charge in [-0.2, -0.15) is 0 Å². The summed E-state index contributed by atoms with van der Waals surface area (Å²) in [6.07, 6.45) is 4.72. The van der Waals surface area contributed by atoms with E-state index in [0.29, 0.717) is 12.6 Å². The molecule has 1 aromatic heterocycles. The summed E-state index contributed by atoms with van der Waals surface area (Å²) < 4.78 is 1.88. The average molecular weight is 223 g/mol. The molecule has 0 radical (unpaired) electrons. The molecular formula is C10H17N5O. The zero-order chi connectivity index (χ0) is 11.4. The number of amides is 1. The van der Waals surface area contributed by atoms with Gasteiger partial charge in [0.2, 0.25) is 5.91 Å². The SMILES string of the molecule is Cn1cnnc1CCNCC(=O)NC1CC1. The van der Waals surface area contributed by atoms with E-state index in [4.69, 9.17) is 0 Å². The molecule has 1 heterocycles. The fourth-order valence-electron chi connectivity index (χ4n) is 1.44. The van der Waals surface area contributed by atoms with Gasteiger partial charge in [0.1, 0.15) is 12.2 Å². The van der Waals surface area contributed by atoms with Crippen LogP contribution in [0.2, 0.25) is 0 Å². The summed E-state index contributed by atoms with van der Waals surface area (Å²) in [7, 11) is 1.91. The maximum Gasteiger partial charge on any atom is 0.234 e. The summed E-state index contributed by atoms with van der Waals surface area (Å²) in [6.45, 7) is 1.12. The molecule has 0 unspecified atom stereocenters. The maximum absolute atomic E-state index is 11.3. The third kappa shape index (κ3) is 3.30. The van der Waals surface area contributed by atoms with Gasteiger partial charge in [-0.1, -0.05) is 0 Å². The summed E-state index contributed by atoms with van der Waals surface area (Å²) in [6, 6.07) is 0.438. The van der Waals surface area contributed by atoms with Crippen LogP contribution in [0, 0.1) is 0 Å². The van der Waals surface area contributed by atoms with E-state index in [9.17, 15) is 4.79 Å². The average Bonchev–Trinajstić information content (AvgIpc) is 2.96. The Balaban J connectivity index is 1.57. The Hall–Kier alpha value is -1.43. The Morgan fingerprint density at radius 3 is 3.06 bits per heavy atom. The molecule has 0 aliphatic heterocycles. The van der Waals surface area contributed by atoms with E-state index in [1.807, 2.05) is 11.6 Å². The molecule has 6 heteroatoms. The van der Waals surface area contributed by atoms with E-state index < -0.39 is 0 Å². The van der Waals surface area contributed by atoms with Crippen molar-refractivity contribution in [3.05, 3.63) is 12.2 Å². The number of rotatable bonds is 6. The lowest BCUT2D eigenvalue weighted by Gasteiger charge is -2.05. The minimum Gasteiger partial charge on any atom is -0.352 e. The Morgan fingerprint density at radius 1 is 1.62 bits per heavy atom. The highest BCUT2D eigenvalue weighted by Gasteiger charge is 2.22. The highest BCUT2D eigenvalue weighted by atomic mass is 16.2. The summed E-state index contributed by atoms with van der Waals surface area (Å²) >= 11 is 0. The van der Waals surface area contributed by atoms with Crippen molar-refractivity contribution < 1.29 is 4.79 Å². The van der Waals surface area contributed by atoms with Crippen molar-refractivity contribution >= 4 is 5.91 Å². The summed E-state index contributed by atoms with van der Waals surface area (Å²) in [4.78, 5) is 11.3. The molecule has 6 nitrogen and oxygen atoms in total. The molecule has 1 fully saturated rings. The third-order valence-corrected chi connectivity index (χ3v) is 2.56. The lowest BCUT2D eigenvalue weighted by molar-refractivity contribution is -0.120. The first-order valence-corrected chi connectivity index (χ1v) is 5.58. The highest BCUT2D eigenvalue weighted by Crippen LogP contribution is 2.18. The minimum absolute atomic E-state index is 0.0838. The molecular weight excluding hydrogens is 206 g/mol. The normalized spacial score (nSPS) is 15.1. The minimum atomic E-state index is 0.0838. The lowest BCUT2D eigenvalue weighted by atomic mass is 10.4. The smallest absolute Gasteiger partial charge is 0.234 e. The number of hydrogen-bond donors (Lipinski definition) is 2. The quantitative estimate of drug-likeness (QED) is 0.621. The van der Waals surface area contributed by atoms with Crippen molar-refractivity contribution in [2.75, 3.05) is 13.1 Å². The first kappa shape index (κ1) is 11.1. The largest absolute Gasteiger partial charge is 0.352 e. The predicted octanol–water partition coefficient (Wildman–Crippen LogP) is -0.774. The number of aromatic nitrogens is 3. The van der Waals surface area contributed by atoms with Crippen LogP contribution in [0.5, 0.6) is 0 Å². The van der Waals surface area contributed by atoms with Gasteiger partial charge in [0, 0.05) is 26.1 Å². The molecule has 1 saturated carbocycles. The van der Waals surface area contributed by atoms with Gasteiger partial charge in [-0.3, -0.25) is 4.79 Å². The van der Waals surface area contributed by atoms with E-state index in [1.165, 1.54) is 0 Å². The number of carbonyl (C=O) groups is 1. The van der Waals surface area contributed by atoms with Gasteiger partial charge in [-0.25, -0.2) is 0 Å². The van der Waals surface area contributed by atoms with Crippen molar-refractivity contribution in [1.29, 1.82) is 0 Å². The second kappa shape index (κ2) is 5.07. The summed E-state index contributed by atoms with van der Waals surface area (Å²) in [5, 5.41) is 13.8. The van der Waals surface area contributed by atoms with E-state index in [1.54, 1.807) is 6.33 Å². The van der Waals surface area contributed by atoms with Crippen LogP contribution in [0.15, 0.2) is 6.33 Å². The molecule has 0 bridgehead atoms. The van der Waals surface area contributed by atoms with Crippen molar-refractivity contribution in [1.82, 2.24) is 25.4 Å². The van der Waals surface area contributed by atoms with Crippen molar-refractivity contribution in [3.63, 3.8) is 0 Å². The molecule has 2 rings (SSSR count). The van der Waals surface area contributed by atoms with Crippen molar-refractivity contribution in [2.45, 2.75) is 25.3 Å². The van der Waals surface area contributed by atoms with Crippen LogP contribution < -0.4 is 10.6 Å². The number of carbonyl (C=O) groups excluding carboxylic acids is 1. The number of hydrogen-bond acceptors (Lipinski definition) is 4. The zero-order valence-electron chi connectivity index (χ0n) is 9.44. The molecule has 1 aliphatic carbocycles. The van der Waals surface area contributed by atoms with E-state index in [0.717, 1.165) is 31.6 Å². The van der Waals surface area contributed by atoms with Crippen LogP contribution in [0.3, 0.4) is 0 Å². The zero-order valence-corrected chi connectivity index (χ0v) is 9.44. The Bertz CT molecular complexity index is 358. The van der Waals surface area contributed by atoms with Gasteiger partial charge in [0.25, 0.3) is 0 Å². The third-order valence-electron chi connectivity index (χ3n) is 2.56. The molecule has 88 valence electrons. The number of nitrogens with zero attached hydrogens (tertiary/aromatic N) is 3. The standard InChI is InChI=1S/C10H17N5O/c1-15-7-12-14-9(15)4-5-11-6-10(16)13-8-2-3-8/h7-8,11H,2-6H2,1H3,(H,13,16). The molecule has 0 spiro atoms. The molecule has 1 amide bonds. The fraction of sp³-hybridized carbons (Fsp3) is 0.700. The van der Waals surface area contributed by atoms with Gasteiger partial charge < -0.3 is 15.2 Å². The van der Waals surface area contributed by atoms with Crippen molar-refractivity contribution in [2.24, 2.45) is 7.05 Å². The van der Waals surface area contributed by atoms with E-state index in [2.05, 4.69) is 20.8 Å². The number of aryl methyl sites for hydroxylation is 1. The second-order valence-corrected chi connectivity index (χ2v) is 4.13. The predicted molar refractivity (Wildman–Crippen MR) is 58.7 cm³/mol. The molecule has 0 atom stereocenters. The van der Waals surface area contributed by atoms with Gasteiger partial charge in [0.05, 0.1) is 6.54 Å². The fourth-order valence-corrected chi connectivity index (χ4v) is 1.44. The molecule has 0 aromatic carbocycles. The van der Waals surface area contributed by atoms with Gasteiger partial charge in [-0.05, 0) is 12.8 Å². The molecule has 0 saturated heterocycles. The van der Waals surface area contributed by atoms with Crippen LogP contribution in [0.4, 0.5) is 0 Å². The Morgan fingerprint density at radius 2 is 2.44 bits per heavy atom. The van der Waals surface area contributed by atoms with Crippen LogP contribution in [0.1, 0.15) is 18.7 Å². The topological polar surface area (TPSA) is 71.8 Å². The van der Waals surface area contributed by atoms with Crippen LogP contribution in [-0.2, 0) is 18.3 Å². The van der Waals surface area contributed by atoms with Gasteiger partial charge in [-0.15, -0.1) is 10.2 Å². The summed E-state index contributed by atoms with van der Waals surface area (Å²) in [5.74, 6) is 1.01. The first-order chi connectivity index (χ1) is 7.75. The van der Waals surface area contributed by atoms with Gasteiger partial charge in [0.15, 0.2) is 0 Å². The first-order valence-electron chi connectivity index (χ1n) is 5.58. The molecule has 16 heavy (non-hydrogen) atoms. The monoisotopic (exact) mass is 223 g/mol. The Labute approximate surface area is 94.4 Å². The van der Waals surface area contributed by atoms with E-state index >= 15 is 0 Å². The van der Waals surface area contributed by atoms with E-state index in [-0.39, 0.29) is 5.91 Å². The summed E-state index contributed by atoms with van der Waals surface area (Å²) in [5.41, 5.74) is 0. The Kier molecular flexibility index (Phi) is 3.51. The molecule has 1 aliphatic rings. The molecule has 2 N–H and O–H groups in total. The maximum atomic E-state index is 11.3. The van der Waals surface area contributed by atoms with Crippen LogP contribution in [0.25, 0.3) is 0 Å². The highest BCUT2D eigenvalue weighted by molar-refractivity contribution is 5.78. The van der Waals surface area contributed by atoms with Gasteiger partial charge >= 0.3 is 0 Å². The number of nitrogens with one attached hydrogen (secondary N) is 2. The van der Waals surface area contributed by atoms with Crippen LogP contribution >= 0.6 is 0 Å². The lowest BCUT2D eigenvalue weighted by Crippen LogP contribution is -2.35. The second-order valence-electron chi connectivity index (χ2n) is 4.13. The molecule has 1 aromatic rings.